The summed E-state index contributed by atoms with van der Waals surface area (Å²) in [6, 6.07) is 0. The van der Waals surface area contributed by atoms with Crippen LogP contribution in [0.5, 0.6) is 0 Å². The summed E-state index contributed by atoms with van der Waals surface area (Å²) < 4.78 is 0. The highest BCUT2D eigenvalue weighted by atomic mass is 15.5. The lowest BCUT2D eigenvalue weighted by atomic mass is 10.9. The van der Waals surface area contributed by atoms with Crippen LogP contribution in [0.3, 0.4) is 0 Å². The van der Waals surface area contributed by atoms with E-state index >= 15 is 0 Å². The van der Waals surface area contributed by atoms with Gasteiger partial charge in [0.2, 0.25) is 11.9 Å². The van der Waals surface area contributed by atoms with Gasteiger partial charge in [-0.05, 0) is 0 Å². The quantitative estimate of drug-likeness (QED) is 0.199. The number of nitrogens with one attached hydrogen (secondary N) is 2. The van der Waals surface area contributed by atoms with Crippen LogP contribution in [0.1, 0.15) is 0 Å². The van der Waals surface area contributed by atoms with Gasteiger partial charge in [-0.15, -0.1) is 0 Å². The molecule has 6 N–H and O–H groups in total. The van der Waals surface area contributed by atoms with Crippen molar-refractivity contribution in [3.63, 3.8) is 0 Å². The van der Waals surface area contributed by atoms with E-state index in [2.05, 4.69) is 10.4 Å². The fraction of sp³-hybridized carbons (Fsp3) is 0.500. The Morgan fingerprint density at radius 3 is 2.30 bits per heavy atom. The number of nitrogens with two attached hydrogens (primary N) is 2. The monoisotopic (exact) mass is 144 g/mol. The zero-order valence-corrected chi connectivity index (χ0v) is 6.05. The van der Waals surface area contributed by atoms with Gasteiger partial charge in [0.25, 0.3) is 0 Å². The Kier molecular flexibility index (Phi) is 3.20. The van der Waals surface area contributed by atoms with Gasteiger partial charge in [-0.25, -0.2) is 5.01 Å². The van der Waals surface area contributed by atoms with Crippen molar-refractivity contribution in [2.24, 2.45) is 16.5 Å². The third-order valence-corrected chi connectivity index (χ3v) is 0.579. The molecule has 0 heterocycles. The minimum absolute atomic E-state index is 0.109. The Morgan fingerprint density at radius 2 is 2.00 bits per heavy atom. The first-order valence-electron chi connectivity index (χ1n) is 2.64. The molecule has 0 aliphatic carbocycles. The molecule has 0 atom stereocenters. The maximum atomic E-state index is 6.72. The fourth-order valence-electron chi connectivity index (χ4n) is 0.384. The summed E-state index contributed by atoms with van der Waals surface area (Å²) in [5, 5.41) is 8.32. The molecule has 6 heteroatoms. The van der Waals surface area contributed by atoms with E-state index in [1.807, 2.05) is 0 Å². The van der Waals surface area contributed by atoms with E-state index < -0.39 is 0 Å². The van der Waals surface area contributed by atoms with Gasteiger partial charge < -0.3 is 11.5 Å². The predicted octanol–water partition coefficient (Wildman–Crippen LogP) is -1.74. The van der Waals surface area contributed by atoms with Crippen LogP contribution >= 0.6 is 0 Å². The molecule has 0 unspecified atom stereocenters. The highest BCUT2D eigenvalue weighted by molar-refractivity contribution is 5.91. The Balaban J connectivity index is 3.83. The maximum Gasteiger partial charge on any atom is 0.215 e. The zero-order chi connectivity index (χ0) is 8.15. The van der Waals surface area contributed by atoms with Crippen LogP contribution in [0.15, 0.2) is 4.99 Å². The van der Waals surface area contributed by atoms with E-state index in [0.717, 1.165) is 0 Å². The van der Waals surface area contributed by atoms with Gasteiger partial charge in [0.15, 0.2) is 0 Å². The second-order valence-corrected chi connectivity index (χ2v) is 1.89. The van der Waals surface area contributed by atoms with Crippen LogP contribution in [0, 0.1) is 5.41 Å². The van der Waals surface area contributed by atoms with Crippen molar-refractivity contribution in [1.82, 2.24) is 10.4 Å². The van der Waals surface area contributed by atoms with Crippen molar-refractivity contribution in [3.05, 3.63) is 0 Å². The van der Waals surface area contributed by atoms with Crippen LogP contribution in [-0.2, 0) is 0 Å². The van der Waals surface area contributed by atoms with Gasteiger partial charge in [0, 0.05) is 14.1 Å². The third-order valence-electron chi connectivity index (χ3n) is 0.579. The summed E-state index contributed by atoms with van der Waals surface area (Å²) in [5.74, 6) is -0.204. The number of rotatable bonds is 1. The Labute approximate surface area is 59.4 Å². The molecular weight excluding hydrogens is 132 g/mol. The van der Waals surface area contributed by atoms with E-state index in [1.165, 1.54) is 0 Å². The van der Waals surface area contributed by atoms with Gasteiger partial charge in [-0.1, -0.05) is 0 Å². The topological polar surface area (TPSA) is 104 Å². The molecule has 0 saturated heterocycles. The van der Waals surface area contributed by atoms with Gasteiger partial charge in [0.05, 0.1) is 0 Å². The predicted molar refractivity (Wildman–Crippen MR) is 40.4 cm³/mol. The Morgan fingerprint density at radius 1 is 1.50 bits per heavy atom. The summed E-state index contributed by atoms with van der Waals surface area (Å²) in [5.41, 5.74) is 12.8. The lowest BCUT2D eigenvalue weighted by Gasteiger charge is -2.11. The number of hydrogen-bond donors (Lipinski definition) is 4. The number of guanidine groups is 2. The van der Waals surface area contributed by atoms with E-state index in [9.17, 15) is 0 Å². The Hall–Kier alpha value is -1.30. The smallest absolute Gasteiger partial charge is 0.215 e. The zero-order valence-electron chi connectivity index (χ0n) is 6.05. The largest absolute Gasteiger partial charge is 0.368 e. The molecule has 0 amide bonds. The molecule has 0 spiro atoms. The molecule has 0 saturated carbocycles. The van der Waals surface area contributed by atoms with Crippen LogP contribution in [0.25, 0.3) is 0 Å². The average Bonchev–Trinajstić information content (AvgIpc) is 1.58. The summed E-state index contributed by atoms with van der Waals surface area (Å²) in [4.78, 5) is 3.42. The van der Waals surface area contributed by atoms with E-state index in [0.29, 0.717) is 0 Å². The van der Waals surface area contributed by atoms with E-state index in [-0.39, 0.29) is 11.9 Å². The molecule has 6 nitrogen and oxygen atoms in total. The number of hydrazine groups is 1. The SMILES string of the molecule is CN(C)NC(N)=NC(=N)N. The Bertz CT molecular complexity index is 148. The fourth-order valence-corrected chi connectivity index (χ4v) is 0.384. The van der Waals surface area contributed by atoms with Crippen LogP contribution in [-0.4, -0.2) is 31.0 Å². The van der Waals surface area contributed by atoms with E-state index in [4.69, 9.17) is 16.9 Å². The normalized spacial score (nSPS) is 11.7. The number of hydrogen-bond acceptors (Lipinski definition) is 2. The average molecular weight is 144 g/mol. The van der Waals surface area contributed by atoms with Gasteiger partial charge >= 0.3 is 0 Å². The molecule has 58 valence electrons. The molecule has 0 aromatic heterocycles. The minimum atomic E-state index is -0.313. The molecule has 0 radical (unpaired) electrons. The molecule has 10 heavy (non-hydrogen) atoms. The summed E-state index contributed by atoms with van der Waals surface area (Å²) in [7, 11) is 3.50. The second kappa shape index (κ2) is 3.67. The first-order chi connectivity index (χ1) is 4.52. The van der Waals surface area contributed by atoms with Crippen LogP contribution in [0.4, 0.5) is 0 Å². The first kappa shape index (κ1) is 8.70. The van der Waals surface area contributed by atoms with Gasteiger partial charge in [0.1, 0.15) is 0 Å². The van der Waals surface area contributed by atoms with Crippen molar-refractivity contribution < 1.29 is 0 Å². The van der Waals surface area contributed by atoms with Crippen molar-refractivity contribution >= 4 is 11.9 Å². The van der Waals surface area contributed by atoms with Crippen molar-refractivity contribution in [3.8, 4) is 0 Å². The molecule has 0 aromatic carbocycles. The first-order valence-corrected chi connectivity index (χ1v) is 2.64. The standard InChI is InChI=1S/C4H12N6/c1-10(2)9-4(7)8-3(5)6/h1-2H3,(H6,5,6,7,8,9). The lowest BCUT2D eigenvalue weighted by Crippen LogP contribution is -2.42. The summed E-state index contributed by atoms with van der Waals surface area (Å²) in [6.07, 6.45) is 0. The van der Waals surface area contributed by atoms with Crippen molar-refractivity contribution in [1.29, 1.82) is 5.41 Å². The summed E-state index contributed by atoms with van der Waals surface area (Å²) >= 11 is 0. The minimum Gasteiger partial charge on any atom is -0.368 e. The highest BCUT2D eigenvalue weighted by Crippen LogP contribution is 1.66. The summed E-state index contributed by atoms with van der Waals surface area (Å²) in [6.45, 7) is 0. The van der Waals surface area contributed by atoms with Crippen LogP contribution in [0.2, 0.25) is 0 Å². The molecule has 0 aliphatic heterocycles. The van der Waals surface area contributed by atoms with Crippen molar-refractivity contribution in [2.75, 3.05) is 14.1 Å². The molecule has 0 rings (SSSR count). The van der Waals surface area contributed by atoms with Crippen molar-refractivity contribution in [2.45, 2.75) is 0 Å². The third kappa shape index (κ3) is 4.85. The molecule has 0 bridgehead atoms. The number of aliphatic imine (C=N–C) groups is 1. The lowest BCUT2D eigenvalue weighted by molar-refractivity contribution is 0.360. The molecule has 0 fully saturated rings. The molecular formula is C4H12N6. The molecule has 0 aliphatic rings. The van der Waals surface area contributed by atoms with E-state index in [1.54, 1.807) is 19.1 Å². The van der Waals surface area contributed by atoms with Gasteiger partial charge in [-0.2, -0.15) is 4.99 Å². The van der Waals surface area contributed by atoms with Gasteiger partial charge in [-0.3, -0.25) is 10.8 Å². The van der Waals surface area contributed by atoms with Crippen LogP contribution < -0.4 is 16.9 Å². The number of nitrogens with zero attached hydrogens (tertiary/aromatic N) is 2. The highest BCUT2D eigenvalue weighted by Gasteiger charge is 1.91. The molecule has 0 aromatic rings. The second-order valence-electron chi connectivity index (χ2n) is 1.89. The maximum absolute atomic E-state index is 6.72.